The lowest BCUT2D eigenvalue weighted by Gasteiger charge is -2.15. The first-order valence-corrected chi connectivity index (χ1v) is 10.1. The summed E-state index contributed by atoms with van der Waals surface area (Å²) < 4.78 is 13.5. The van der Waals surface area contributed by atoms with E-state index in [1.165, 1.54) is 15.4 Å². The molecule has 0 saturated carbocycles. The van der Waals surface area contributed by atoms with Gasteiger partial charge >= 0.3 is 0 Å². The van der Waals surface area contributed by atoms with Crippen LogP contribution in [0.15, 0.2) is 65.6 Å². The Morgan fingerprint density at radius 1 is 1.07 bits per heavy atom. The maximum atomic E-state index is 13.5. The highest BCUT2D eigenvalue weighted by molar-refractivity contribution is 7.98. The van der Waals surface area contributed by atoms with Crippen molar-refractivity contribution in [2.45, 2.75) is 17.2 Å². The lowest BCUT2D eigenvalue weighted by atomic mass is 9.99. The molecule has 0 bridgehead atoms. The van der Waals surface area contributed by atoms with Gasteiger partial charge in [-0.1, -0.05) is 36.4 Å². The fourth-order valence-electron chi connectivity index (χ4n) is 3.52. The molecule has 3 aromatic carbocycles. The van der Waals surface area contributed by atoms with Gasteiger partial charge in [-0.3, -0.25) is 4.79 Å². The van der Waals surface area contributed by atoms with Crippen molar-refractivity contribution in [3.8, 4) is 11.1 Å². The van der Waals surface area contributed by atoms with Gasteiger partial charge in [-0.05, 0) is 52.4 Å². The van der Waals surface area contributed by atoms with Gasteiger partial charge in [-0.2, -0.15) is 0 Å². The standard InChI is InChI=1S/C22H20FNO2S/c1-27-21-5-3-2-4-18(21)16-8-6-15-11-17(9-7-14(15)10-16)22(26)24-12-19(23)20(25)13-24/h2-11,19-20,25H,12-13H2,1H3/t19-,20-/m1/s1. The van der Waals surface area contributed by atoms with Gasteiger partial charge in [0.15, 0.2) is 0 Å². The third-order valence-electron chi connectivity index (χ3n) is 5.01. The Bertz CT molecular complexity index is 997. The van der Waals surface area contributed by atoms with E-state index in [4.69, 9.17) is 0 Å². The topological polar surface area (TPSA) is 40.5 Å². The molecule has 1 aliphatic heterocycles. The van der Waals surface area contributed by atoms with E-state index in [-0.39, 0.29) is 19.0 Å². The van der Waals surface area contributed by atoms with E-state index < -0.39 is 12.3 Å². The molecule has 0 aromatic heterocycles. The van der Waals surface area contributed by atoms with Gasteiger partial charge in [0, 0.05) is 17.0 Å². The minimum absolute atomic E-state index is 0.0441. The van der Waals surface area contributed by atoms with Crippen molar-refractivity contribution < 1.29 is 14.3 Å². The van der Waals surface area contributed by atoms with E-state index in [0.29, 0.717) is 5.56 Å². The van der Waals surface area contributed by atoms with E-state index in [2.05, 4.69) is 30.5 Å². The number of likely N-dealkylation sites (tertiary alicyclic amines) is 1. The van der Waals surface area contributed by atoms with Crippen LogP contribution in [0, 0.1) is 0 Å². The number of β-amino-alcohol motifs (C(OH)–C–C–N with tert-alkyl or cyclic N) is 1. The highest BCUT2D eigenvalue weighted by Gasteiger charge is 2.34. The molecule has 1 heterocycles. The number of carbonyl (C=O) groups excluding carboxylic acids is 1. The average Bonchev–Trinajstić information content (AvgIpc) is 3.05. The monoisotopic (exact) mass is 381 g/mol. The number of rotatable bonds is 3. The molecule has 27 heavy (non-hydrogen) atoms. The predicted octanol–water partition coefficient (Wildman–Crippen LogP) is 4.38. The second-order valence-corrected chi connectivity index (χ2v) is 7.62. The number of thioether (sulfide) groups is 1. The van der Waals surface area contributed by atoms with Crippen LogP contribution in [0.25, 0.3) is 21.9 Å². The maximum absolute atomic E-state index is 13.5. The molecule has 1 saturated heterocycles. The summed E-state index contributed by atoms with van der Waals surface area (Å²) in [5.74, 6) is -0.243. The van der Waals surface area contributed by atoms with E-state index in [0.717, 1.165) is 16.3 Å². The maximum Gasteiger partial charge on any atom is 0.254 e. The minimum Gasteiger partial charge on any atom is -0.388 e. The smallest absolute Gasteiger partial charge is 0.254 e. The lowest BCUT2D eigenvalue weighted by Crippen LogP contribution is -2.29. The zero-order chi connectivity index (χ0) is 19.0. The molecule has 1 amide bonds. The summed E-state index contributed by atoms with van der Waals surface area (Å²) in [6.45, 7) is -0.00904. The summed E-state index contributed by atoms with van der Waals surface area (Å²) in [7, 11) is 0. The largest absolute Gasteiger partial charge is 0.388 e. The number of carbonyl (C=O) groups is 1. The van der Waals surface area contributed by atoms with Crippen molar-refractivity contribution >= 4 is 28.4 Å². The zero-order valence-electron chi connectivity index (χ0n) is 14.9. The normalized spacial score (nSPS) is 19.6. The van der Waals surface area contributed by atoms with Gasteiger partial charge < -0.3 is 10.0 Å². The quantitative estimate of drug-likeness (QED) is 0.685. The highest BCUT2D eigenvalue weighted by atomic mass is 32.2. The lowest BCUT2D eigenvalue weighted by molar-refractivity contribution is 0.0764. The number of alkyl halides is 1. The fraction of sp³-hybridized carbons (Fsp3) is 0.227. The molecule has 2 atom stereocenters. The zero-order valence-corrected chi connectivity index (χ0v) is 15.7. The number of benzene rings is 3. The van der Waals surface area contributed by atoms with E-state index >= 15 is 0 Å². The highest BCUT2D eigenvalue weighted by Crippen LogP contribution is 2.32. The molecule has 0 radical (unpaired) electrons. The molecule has 0 aliphatic carbocycles. The fourth-order valence-corrected chi connectivity index (χ4v) is 4.15. The molecule has 3 nitrogen and oxygen atoms in total. The number of hydrogen-bond acceptors (Lipinski definition) is 3. The van der Waals surface area contributed by atoms with Crippen LogP contribution in [0.2, 0.25) is 0 Å². The van der Waals surface area contributed by atoms with Crippen molar-refractivity contribution in [2.24, 2.45) is 0 Å². The molecule has 0 unspecified atom stereocenters. The second-order valence-electron chi connectivity index (χ2n) is 6.77. The van der Waals surface area contributed by atoms with Gasteiger partial charge in [-0.15, -0.1) is 11.8 Å². The number of nitrogens with zero attached hydrogens (tertiary/aromatic N) is 1. The Morgan fingerprint density at radius 3 is 2.56 bits per heavy atom. The number of hydrogen-bond donors (Lipinski definition) is 1. The number of amides is 1. The SMILES string of the molecule is CSc1ccccc1-c1ccc2cc(C(=O)N3C[C@@H](O)[C@H](F)C3)ccc2c1. The number of aliphatic hydroxyl groups excluding tert-OH is 1. The number of aliphatic hydroxyl groups is 1. The van der Waals surface area contributed by atoms with Crippen LogP contribution >= 0.6 is 11.8 Å². The summed E-state index contributed by atoms with van der Waals surface area (Å²) in [6, 6.07) is 20.0. The molecule has 1 aliphatic rings. The molecule has 138 valence electrons. The molecule has 0 spiro atoms. The molecule has 1 N–H and O–H groups in total. The molecule has 1 fully saturated rings. The number of fused-ring (bicyclic) bond motifs is 1. The minimum atomic E-state index is -1.37. The van der Waals surface area contributed by atoms with E-state index in [1.54, 1.807) is 17.8 Å². The first kappa shape index (κ1) is 18.0. The Balaban J connectivity index is 1.66. The van der Waals surface area contributed by atoms with Crippen LogP contribution in [0.4, 0.5) is 4.39 Å². The van der Waals surface area contributed by atoms with Crippen LogP contribution in [-0.2, 0) is 0 Å². The van der Waals surface area contributed by atoms with Crippen LogP contribution in [0.1, 0.15) is 10.4 Å². The van der Waals surface area contributed by atoms with Gasteiger partial charge in [0.25, 0.3) is 5.91 Å². The van der Waals surface area contributed by atoms with Crippen molar-refractivity contribution in [3.05, 3.63) is 66.2 Å². The molecular formula is C22H20FNO2S. The van der Waals surface area contributed by atoms with Gasteiger partial charge in [0.2, 0.25) is 0 Å². The first-order chi connectivity index (χ1) is 13.1. The average molecular weight is 381 g/mol. The molecule has 5 heteroatoms. The molecule has 4 rings (SSSR count). The van der Waals surface area contributed by atoms with Gasteiger partial charge in [0.05, 0.1) is 6.54 Å². The van der Waals surface area contributed by atoms with Crippen molar-refractivity contribution in [2.75, 3.05) is 19.3 Å². The third kappa shape index (κ3) is 3.45. The summed E-state index contributed by atoms with van der Waals surface area (Å²) >= 11 is 1.72. The first-order valence-electron chi connectivity index (χ1n) is 8.85. The predicted molar refractivity (Wildman–Crippen MR) is 108 cm³/mol. The van der Waals surface area contributed by atoms with Crippen molar-refractivity contribution in [3.63, 3.8) is 0 Å². The van der Waals surface area contributed by atoms with Crippen LogP contribution in [0.5, 0.6) is 0 Å². The van der Waals surface area contributed by atoms with E-state index in [1.807, 2.05) is 30.3 Å². The van der Waals surface area contributed by atoms with Crippen LogP contribution < -0.4 is 0 Å². The van der Waals surface area contributed by atoms with Gasteiger partial charge in [-0.25, -0.2) is 4.39 Å². The third-order valence-corrected chi connectivity index (χ3v) is 5.81. The second kappa shape index (κ2) is 7.33. The van der Waals surface area contributed by atoms with Crippen molar-refractivity contribution in [1.29, 1.82) is 0 Å². The Morgan fingerprint density at radius 2 is 1.81 bits per heavy atom. The Kier molecular flexibility index (Phi) is 4.89. The Labute approximate surface area is 161 Å². The number of halogens is 1. The molecule has 3 aromatic rings. The summed E-state index contributed by atoms with van der Waals surface area (Å²) in [6.07, 6.45) is -0.392. The summed E-state index contributed by atoms with van der Waals surface area (Å²) in [5.41, 5.74) is 2.84. The van der Waals surface area contributed by atoms with Crippen LogP contribution in [-0.4, -0.2) is 47.5 Å². The van der Waals surface area contributed by atoms with Crippen molar-refractivity contribution in [1.82, 2.24) is 4.90 Å². The van der Waals surface area contributed by atoms with E-state index in [9.17, 15) is 14.3 Å². The van der Waals surface area contributed by atoms with Gasteiger partial charge in [0.1, 0.15) is 12.3 Å². The molecular weight excluding hydrogens is 361 g/mol. The summed E-state index contributed by atoms with van der Waals surface area (Å²) in [4.78, 5) is 15.2. The Hall–Kier alpha value is -2.37. The summed E-state index contributed by atoms with van der Waals surface area (Å²) in [5, 5.41) is 11.6. The van der Waals surface area contributed by atoms with Crippen LogP contribution in [0.3, 0.4) is 0 Å².